The van der Waals surface area contributed by atoms with Gasteiger partial charge >= 0.3 is 6.09 Å². The quantitative estimate of drug-likeness (QED) is 0.708. The minimum absolute atomic E-state index is 0.108. The van der Waals surface area contributed by atoms with Crippen molar-refractivity contribution in [2.24, 2.45) is 0 Å². The zero-order valence-corrected chi connectivity index (χ0v) is 16.0. The van der Waals surface area contributed by atoms with E-state index in [0.717, 1.165) is 30.2 Å². The van der Waals surface area contributed by atoms with Gasteiger partial charge in [-0.2, -0.15) is 0 Å². The molecule has 28 heavy (non-hydrogen) atoms. The third kappa shape index (κ3) is 3.62. The number of nitrogens with one attached hydrogen (secondary N) is 3. The highest BCUT2D eigenvalue weighted by atomic mass is 35.5. The number of carbonyl (C=O) groups is 1. The minimum Gasteiger partial charge on any atom is -0.453 e. The molecule has 1 saturated heterocycles. The van der Waals surface area contributed by atoms with Crippen molar-refractivity contribution in [2.45, 2.75) is 25.0 Å². The molecule has 0 radical (unpaired) electrons. The summed E-state index contributed by atoms with van der Waals surface area (Å²) in [5, 5.41) is 9.96. The van der Waals surface area contributed by atoms with Crippen molar-refractivity contribution in [3.05, 3.63) is 46.9 Å². The van der Waals surface area contributed by atoms with Crippen LogP contribution in [0.15, 0.2) is 35.3 Å². The number of methoxy groups -OCH3 is 1. The van der Waals surface area contributed by atoms with Crippen molar-refractivity contribution in [1.29, 1.82) is 0 Å². The van der Waals surface area contributed by atoms with Gasteiger partial charge in [0, 0.05) is 42.7 Å². The number of likely N-dealkylation sites (tertiary alicyclic amines) is 1. The summed E-state index contributed by atoms with van der Waals surface area (Å²) in [5.41, 5.74) is 1.63. The Morgan fingerprint density at radius 3 is 3.07 bits per heavy atom. The molecule has 0 saturated carbocycles. The van der Waals surface area contributed by atoms with Crippen LogP contribution in [0.25, 0.3) is 5.57 Å². The molecule has 8 nitrogen and oxygen atoms in total. The number of carbonyl (C=O) groups excluding carboxylic acids is 1. The van der Waals surface area contributed by atoms with E-state index in [9.17, 15) is 9.18 Å². The predicted molar refractivity (Wildman–Crippen MR) is 103 cm³/mol. The number of halogens is 2. The number of rotatable bonds is 3. The van der Waals surface area contributed by atoms with Crippen molar-refractivity contribution in [2.75, 3.05) is 25.5 Å². The predicted octanol–water partition coefficient (Wildman–Crippen LogP) is 2.14. The molecule has 3 aliphatic heterocycles. The number of anilines is 1. The van der Waals surface area contributed by atoms with Crippen LogP contribution >= 0.6 is 11.6 Å². The smallest absolute Gasteiger partial charge is 0.409 e. The Morgan fingerprint density at radius 2 is 2.25 bits per heavy atom. The van der Waals surface area contributed by atoms with Crippen LogP contribution in [0.1, 0.15) is 18.7 Å². The normalized spacial score (nSPS) is 23.5. The van der Waals surface area contributed by atoms with Gasteiger partial charge in [0.15, 0.2) is 17.5 Å². The van der Waals surface area contributed by atoms with Gasteiger partial charge in [-0.3, -0.25) is 0 Å². The molecule has 10 heteroatoms. The van der Waals surface area contributed by atoms with Crippen LogP contribution in [0.4, 0.5) is 15.0 Å². The van der Waals surface area contributed by atoms with Crippen molar-refractivity contribution in [3.63, 3.8) is 0 Å². The molecule has 4 rings (SSSR count). The Balaban J connectivity index is 1.53. The molecule has 0 aliphatic carbocycles. The van der Waals surface area contributed by atoms with Gasteiger partial charge in [-0.25, -0.2) is 19.2 Å². The molecule has 148 valence electrons. The molecule has 1 aromatic rings. The molecule has 1 unspecified atom stereocenters. The van der Waals surface area contributed by atoms with Crippen LogP contribution in [-0.2, 0) is 4.74 Å². The number of hydrogen-bond donors (Lipinski definition) is 3. The van der Waals surface area contributed by atoms with Crippen LogP contribution in [-0.4, -0.2) is 53.4 Å². The number of nitrogens with zero attached hydrogens (tertiary/aromatic N) is 3. The molecule has 3 N–H and O–H groups in total. The molecule has 0 bridgehead atoms. The summed E-state index contributed by atoms with van der Waals surface area (Å²) in [6, 6.07) is -0.124. The second-order valence-corrected chi connectivity index (χ2v) is 7.18. The Labute approximate surface area is 166 Å². The summed E-state index contributed by atoms with van der Waals surface area (Å²) in [5.74, 6) is -0.0493. The molecule has 1 amide bonds. The first-order valence-electron chi connectivity index (χ1n) is 8.97. The van der Waals surface area contributed by atoms with Crippen LogP contribution in [0.2, 0.25) is 0 Å². The van der Waals surface area contributed by atoms with Gasteiger partial charge in [-0.05, 0) is 18.9 Å². The number of amides is 1. The van der Waals surface area contributed by atoms with E-state index in [0.29, 0.717) is 23.9 Å². The third-order valence-electron chi connectivity index (χ3n) is 4.88. The Hall–Kier alpha value is -2.81. The first-order valence-corrected chi connectivity index (χ1v) is 9.35. The van der Waals surface area contributed by atoms with Gasteiger partial charge in [0.1, 0.15) is 6.17 Å². The zero-order chi connectivity index (χ0) is 19.7. The van der Waals surface area contributed by atoms with E-state index >= 15 is 0 Å². The Morgan fingerprint density at radius 1 is 1.43 bits per heavy atom. The second-order valence-electron chi connectivity index (χ2n) is 6.74. The number of piperidine rings is 1. The van der Waals surface area contributed by atoms with Gasteiger partial charge in [-0.15, -0.1) is 0 Å². The highest BCUT2D eigenvalue weighted by Crippen LogP contribution is 2.31. The highest BCUT2D eigenvalue weighted by molar-refractivity contribution is 6.31. The fourth-order valence-corrected chi connectivity index (χ4v) is 3.70. The minimum atomic E-state index is -0.546. The standard InChI is InChI=1S/C18H20ClFN6O2/c1-28-18(27)26-4-2-3-11(9-26)24-17-14(20)8-23-16(25-17)13-7-22-15-12(13)5-10(19)6-21-15/h5-8,11,15,21-22H,2-4,9H2,1H3,(H,23,24,25)/t11-,15?/m0/s1. The fourth-order valence-electron chi connectivity index (χ4n) is 3.52. The summed E-state index contributed by atoms with van der Waals surface area (Å²) < 4.78 is 19.1. The van der Waals surface area contributed by atoms with E-state index in [1.807, 2.05) is 6.08 Å². The monoisotopic (exact) mass is 406 g/mol. The molecule has 0 spiro atoms. The van der Waals surface area contributed by atoms with Crippen molar-refractivity contribution in [3.8, 4) is 0 Å². The maximum Gasteiger partial charge on any atom is 0.409 e. The van der Waals surface area contributed by atoms with Crippen LogP contribution in [0, 0.1) is 5.82 Å². The van der Waals surface area contributed by atoms with E-state index in [-0.39, 0.29) is 24.1 Å². The average molecular weight is 407 g/mol. The summed E-state index contributed by atoms with van der Waals surface area (Å²) in [6.45, 7) is 1.05. The number of aromatic nitrogens is 2. The van der Waals surface area contributed by atoms with E-state index in [2.05, 4.69) is 25.9 Å². The number of hydrogen-bond acceptors (Lipinski definition) is 7. The molecule has 2 atom stereocenters. The molecule has 0 aromatic carbocycles. The van der Waals surface area contributed by atoms with E-state index in [1.165, 1.54) is 7.11 Å². The van der Waals surface area contributed by atoms with E-state index in [1.54, 1.807) is 17.3 Å². The maximum absolute atomic E-state index is 14.3. The van der Waals surface area contributed by atoms with Gasteiger partial charge in [0.2, 0.25) is 0 Å². The number of dihydropyridines is 1. The Kier molecular flexibility index (Phi) is 5.08. The first-order chi connectivity index (χ1) is 13.5. The van der Waals surface area contributed by atoms with Gasteiger partial charge < -0.3 is 25.6 Å². The molecule has 1 aromatic heterocycles. The lowest BCUT2D eigenvalue weighted by Crippen LogP contribution is -2.45. The third-order valence-corrected chi connectivity index (χ3v) is 5.10. The topological polar surface area (TPSA) is 91.4 Å². The first kappa shape index (κ1) is 18.5. The Bertz CT molecular complexity index is 887. The molecular weight excluding hydrogens is 387 g/mol. The maximum atomic E-state index is 14.3. The lowest BCUT2D eigenvalue weighted by atomic mass is 10.0. The SMILES string of the molecule is COC(=O)N1CCC[C@H](Nc2nc(C3=CNC4NC=C(Cl)C=C34)ncc2F)C1. The van der Waals surface area contributed by atoms with Gasteiger partial charge in [-0.1, -0.05) is 11.6 Å². The molecule has 3 aliphatic rings. The number of allylic oxidation sites excluding steroid dienone is 2. The summed E-state index contributed by atoms with van der Waals surface area (Å²) >= 11 is 6.08. The number of ether oxygens (including phenoxy) is 1. The molecular formula is C18H20ClFN6O2. The fraction of sp³-hybridized carbons (Fsp3) is 0.389. The highest BCUT2D eigenvalue weighted by Gasteiger charge is 2.29. The molecule has 1 fully saturated rings. The summed E-state index contributed by atoms with van der Waals surface area (Å²) in [6.07, 6.45) is 7.55. The second kappa shape index (κ2) is 7.67. The van der Waals surface area contributed by atoms with Crippen LogP contribution in [0.3, 0.4) is 0 Å². The summed E-state index contributed by atoms with van der Waals surface area (Å²) in [7, 11) is 1.35. The van der Waals surface area contributed by atoms with Crippen molar-refractivity contribution < 1.29 is 13.9 Å². The van der Waals surface area contributed by atoms with Crippen LogP contribution < -0.4 is 16.0 Å². The van der Waals surface area contributed by atoms with E-state index < -0.39 is 5.82 Å². The van der Waals surface area contributed by atoms with E-state index in [4.69, 9.17) is 16.3 Å². The lowest BCUT2D eigenvalue weighted by Gasteiger charge is -2.32. The lowest BCUT2D eigenvalue weighted by molar-refractivity contribution is 0.113. The van der Waals surface area contributed by atoms with Crippen LogP contribution in [0.5, 0.6) is 0 Å². The average Bonchev–Trinajstić information content (AvgIpc) is 3.12. The molecule has 4 heterocycles. The van der Waals surface area contributed by atoms with Crippen molar-refractivity contribution in [1.82, 2.24) is 25.5 Å². The van der Waals surface area contributed by atoms with Gasteiger partial charge in [0.25, 0.3) is 0 Å². The van der Waals surface area contributed by atoms with Gasteiger partial charge in [0.05, 0.1) is 18.3 Å². The number of fused-ring (bicyclic) bond motifs is 1. The largest absolute Gasteiger partial charge is 0.453 e. The van der Waals surface area contributed by atoms with Crippen molar-refractivity contribution >= 4 is 29.1 Å². The summed E-state index contributed by atoms with van der Waals surface area (Å²) in [4.78, 5) is 21.9. The zero-order valence-electron chi connectivity index (χ0n) is 15.2.